The molecule has 0 radical (unpaired) electrons. The van der Waals surface area contributed by atoms with Crippen LogP contribution in [0, 0.1) is 0 Å². The molecule has 1 atom stereocenters. The minimum Gasteiger partial charge on any atom is -0.480 e. The van der Waals surface area contributed by atoms with Crippen molar-refractivity contribution in [1.82, 2.24) is 0 Å². The standard InChI is InChI=1S/C10H9F6NO/c11-9(12,13)6-2-1-3-7(4-6)18-8(5-17)10(14,15)16/h1-4,8H,5,17H2. The number of halogens is 6. The van der Waals surface area contributed by atoms with Crippen molar-refractivity contribution >= 4 is 0 Å². The van der Waals surface area contributed by atoms with E-state index < -0.39 is 36.3 Å². The van der Waals surface area contributed by atoms with Crippen molar-refractivity contribution < 1.29 is 31.1 Å². The van der Waals surface area contributed by atoms with E-state index in [-0.39, 0.29) is 0 Å². The summed E-state index contributed by atoms with van der Waals surface area (Å²) in [5, 5.41) is 0. The molecule has 0 spiro atoms. The van der Waals surface area contributed by atoms with Crippen molar-refractivity contribution in [3.05, 3.63) is 29.8 Å². The number of benzene rings is 1. The van der Waals surface area contributed by atoms with Crippen LogP contribution in [0.25, 0.3) is 0 Å². The summed E-state index contributed by atoms with van der Waals surface area (Å²) in [5.41, 5.74) is 3.78. The lowest BCUT2D eigenvalue weighted by molar-refractivity contribution is -0.191. The van der Waals surface area contributed by atoms with Crippen LogP contribution >= 0.6 is 0 Å². The molecule has 102 valence electrons. The Bertz CT molecular complexity index is 400. The minimum atomic E-state index is -4.73. The third kappa shape index (κ3) is 3.80. The first kappa shape index (κ1) is 14.6. The molecule has 0 aliphatic heterocycles. The van der Waals surface area contributed by atoms with Crippen LogP contribution in [0.4, 0.5) is 26.3 Å². The Labute approximate surface area is 98.3 Å². The van der Waals surface area contributed by atoms with E-state index in [0.29, 0.717) is 6.07 Å². The normalized spacial score (nSPS) is 14.4. The Hall–Kier alpha value is -1.44. The van der Waals surface area contributed by atoms with Crippen molar-refractivity contribution in [2.24, 2.45) is 5.73 Å². The molecule has 0 aliphatic carbocycles. The number of hydrogen-bond acceptors (Lipinski definition) is 2. The van der Waals surface area contributed by atoms with Gasteiger partial charge in [0.1, 0.15) is 5.75 Å². The molecule has 2 N–H and O–H groups in total. The zero-order valence-electron chi connectivity index (χ0n) is 8.85. The van der Waals surface area contributed by atoms with Crippen LogP contribution in [-0.4, -0.2) is 18.8 Å². The smallest absolute Gasteiger partial charge is 0.426 e. The molecule has 1 aromatic rings. The summed E-state index contributed by atoms with van der Waals surface area (Å²) in [4.78, 5) is 0. The van der Waals surface area contributed by atoms with E-state index in [4.69, 9.17) is 5.73 Å². The van der Waals surface area contributed by atoms with Gasteiger partial charge in [-0.1, -0.05) is 6.07 Å². The second-order valence-corrected chi connectivity index (χ2v) is 3.41. The first-order valence-electron chi connectivity index (χ1n) is 4.75. The molecule has 0 heterocycles. The highest BCUT2D eigenvalue weighted by Crippen LogP contribution is 2.32. The van der Waals surface area contributed by atoms with Gasteiger partial charge < -0.3 is 10.5 Å². The molecule has 0 saturated heterocycles. The fourth-order valence-electron chi connectivity index (χ4n) is 1.16. The number of hydrogen-bond donors (Lipinski definition) is 1. The van der Waals surface area contributed by atoms with Gasteiger partial charge >= 0.3 is 12.4 Å². The Morgan fingerprint density at radius 3 is 2.17 bits per heavy atom. The zero-order valence-corrected chi connectivity index (χ0v) is 8.85. The van der Waals surface area contributed by atoms with Crippen LogP contribution in [0.2, 0.25) is 0 Å². The number of nitrogens with two attached hydrogens (primary N) is 1. The van der Waals surface area contributed by atoms with Gasteiger partial charge in [0.05, 0.1) is 5.56 Å². The van der Waals surface area contributed by atoms with E-state index in [1.807, 2.05) is 0 Å². The van der Waals surface area contributed by atoms with Gasteiger partial charge in [-0.15, -0.1) is 0 Å². The summed E-state index contributed by atoms with van der Waals surface area (Å²) in [6, 6.07) is 3.19. The van der Waals surface area contributed by atoms with Crippen LogP contribution in [0.1, 0.15) is 5.56 Å². The second-order valence-electron chi connectivity index (χ2n) is 3.41. The molecule has 8 heteroatoms. The summed E-state index contributed by atoms with van der Waals surface area (Å²) < 4.78 is 78.3. The number of alkyl halides is 6. The number of rotatable bonds is 3. The van der Waals surface area contributed by atoms with Crippen LogP contribution in [0.15, 0.2) is 24.3 Å². The van der Waals surface area contributed by atoms with Gasteiger partial charge in [-0.3, -0.25) is 0 Å². The third-order valence-corrected chi connectivity index (χ3v) is 2.02. The van der Waals surface area contributed by atoms with Crippen molar-refractivity contribution in [2.45, 2.75) is 18.5 Å². The Morgan fingerprint density at radius 1 is 1.11 bits per heavy atom. The molecule has 0 fully saturated rings. The minimum absolute atomic E-state index is 0.494. The molecule has 0 aromatic heterocycles. The van der Waals surface area contributed by atoms with Crippen LogP contribution in [0.5, 0.6) is 5.75 Å². The maximum atomic E-state index is 12.3. The van der Waals surface area contributed by atoms with Crippen LogP contribution in [0.3, 0.4) is 0 Å². The summed E-state index contributed by atoms with van der Waals surface area (Å²) in [6.45, 7) is -0.875. The zero-order chi connectivity index (χ0) is 14.0. The fraction of sp³-hybridized carbons (Fsp3) is 0.400. The molecular weight excluding hydrogens is 264 g/mol. The molecule has 1 aromatic carbocycles. The average molecular weight is 273 g/mol. The highest BCUT2D eigenvalue weighted by molar-refractivity contribution is 5.30. The van der Waals surface area contributed by atoms with Crippen molar-refractivity contribution in [1.29, 1.82) is 0 Å². The van der Waals surface area contributed by atoms with Gasteiger partial charge in [-0.05, 0) is 18.2 Å². The van der Waals surface area contributed by atoms with Crippen molar-refractivity contribution in [3.63, 3.8) is 0 Å². The highest BCUT2D eigenvalue weighted by atomic mass is 19.4. The average Bonchev–Trinajstić information content (AvgIpc) is 2.23. The SMILES string of the molecule is NCC(Oc1cccc(C(F)(F)F)c1)C(F)(F)F. The van der Waals surface area contributed by atoms with Gasteiger partial charge in [0.25, 0.3) is 0 Å². The summed E-state index contributed by atoms with van der Waals surface area (Å²) in [5.74, 6) is -0.530. The lowest BCUT2D eigenvalue weighted by Crippen LogP contribution is -2.40. The first-order valence-corrected chi connectivity index (χ1v) is 4.75. The number of ether oxygens (including phenoxy) is 1. The second kappa shape index (κ2) is 5.05. The van der Waals surface area contributed by atoms with E-state index in [0.717, 1.165) is 18.2 Å². The molecule has 2 nitrogen and oxygen atoms in total. The van der Waals surface area contributed by atoms with Crippen molar-refractivity contribution in [3.8, 4) is 5.75 Å². The van der Waals surface area contributed by atoms with E-state index in [2.05, 4.69) is 4.74 Å². The molecule has 0 amide bonds. The molecule has 0 aliphatic rings. The van der Waals surface area contributed by atoms with E-state index in [1.165, 1.54) is 0 Å². The summed E-state index contributed by atoms with van der Waals surface area (Å²) in [7, 11) is 0. The monoisotopic (exact) mass is 273 g/mol. The predicted octanol–water partition coefficient (Wildman–Crippen LogP) is 2.97. The van der Waals surface area contributed by atoms with Gasteiger partial charge in [0.15, 0.2) is 0 Å². The molecule has 0 bridgehead atoms. The van der Waals surface area contributed by atoms with Crippen LogP contribution in [-0.2, 0) is 6.18 Å². The first-order chi connectivity index (χ1) is 8.14. The van der Waals surface area contributed by atoms with Gasteiger partial charge in [0.2, 0.25) is 6.10 Å². The van der Waals surface area contributed by atoms with Gasteiger partial charge in [-0.25, -0.2) is 0 Å². The molecule has 0 saturated carbocycles. The lowest BCUT2D eigenvalue weighted by atomic mass is 10.2. The maximum Gasteiger partial charge on any atom is 0.426 e. The Kier molecular flexibility index (Phi) is 4.10. The predicted molar refractivity (Wildman–Crippen MR) is 51.0 cm³/mol. The van der Waals surface area contributed by atoms with Gasteiger partial charge in [-0.2, -0.15) is 26.3 Å². The topological polar surface area (TPSA) is 35.2 Å². The van der Waals surface area contributed by atoms with Crippen LogP contribution < -0.4 is 10.5 Å². The molecule has 1 rings (SSSR count). The quantitative estimate of drug-likeness (QED) is 0.859. The highest BCUT2D eigenvalue weighted by Gasteiger charge is 2.41. The summed E-state index contributed by atoms with van der Waals surface area (Å²) in [6.07, 6.45) is -11.7. The van der Waals surface area contributed by atoms with E-state index in [9.17, 15) is 26.3 Å². The van der Waals surface area contributed by atoms with Gasteiger partial charge in [0, 0.05) is 6.54 Å². The third-order valence-electron chi connectivity index (χ3n) is 2.02. The largest absolute Gasteiger partial charge is 0.480 e. The van der Waals surface area contributed by atoms with E-state index in [1.54, 1.807) is 0 Å². The van der Waals surface area contributed by atoms with E-state index >= 15 is 0 Å². The molecule has 1 unspecified atom stereocenters. The lowest BCUT2D eigenvalue weighted by Gasteiger charge is -2.20. The molecule has 18 heavy (non-hydrogen) atoms. The maximum absolute atomic E-state index is 12.3. The fourth-order valence-corrected chi connectivity index (χ4v) is 1.16. The molecular formula is C10H9F6NO. The Morgan fingerprint density at radius 2 is 1.72 bits per heavy atom. The Balaban J connectivity index is 2.92. The summed E-state index contributed by atoms with van der Waals surface area (Å²) >= 11 is 0. The van der Waals surface area contributed by atoms with Crippen molar-refractivity contribution in [2.75, 3.05) is 6.54 Å².